The summed E-state index contributed by atoms with van der Waals surface area (Å²) in [4.78, 5) is 27.4. The second-order valence-corrected chi connectivity index (χ2v) is 5.43. The third kappa shape index (κ3) is 2.83. The van der Waals surface area contributed by atoms with Gasteiger partial charge in [-0.3, -0.25) is 9.59 Å². The Hall–Kier alpha value is -1.10. The van der Waals surface area contributed by atoms with Crippen molar-refractivity contribution in [2.75, 3.05) is 19.6 Å². The van der Waals surface area contributed by atoms with Crippen molar-refractivity contribution in [1.29, 1.82) is 0 Å². The summed E-state index contributed by atoms with van der Waals surface area (Å²) in [6.45, 7) is 3.70. The summed E-state index contributed by atoms with van der Waals surface area (Å²) in [5.74, 6) is 0.171. The van der Waals surface area contributed by atoms with Crippen LogP contribution in [0.2, 0.25) is 0 Å². The Morgan fingerprint density at radius 2 is 2.17 bits per heavy atom. The van der Waals surface area contributed by atoms with Crippen LogP contribution in [0.1, 0.15) is 39.0 Å². The molecule has 2 unspecified atom stereocenters. The van der Waals surface area contributed by atoms with Crippen molar-refractivity contribution in [2.24, 2.45) is 5.73 Å². The van der Waals surface area contributed by atoms with E-state index in [0.29, 0.717) is 6.42 Å². The number of carbonyl (C=O) groups excluding carboxylic acids is 2. The summed E-state index contributed by atoms with van der Waals surface area (Å²) in [6, 6.07) is 0.146. The molecule has 5 heteroatoms. The van der Waals surface area contributed by atoms with Crippen LogP contribution in [0, 0.1) is 0 Å². The molecule has 2 atom stereocenters. The molecular formula is C13H23N3O2. The van der Waals surface area contributed by atoms with Crippen LogP contribution in [0.4, 0.5) is 0 Å². The van der Waals surface area contributed by atoms with Crippen LogP contribution >= 0.6 is 0 Å². The lowest BCUT2D eigenvalue weighted by atomic mass is 9.97. The van der Waals surface area contributed by atoms with Crippen molar-refractivity contribution in [3.63, 3.8) is 0 Å². The zero-order valence-corrected chi connectivity index (χ0v) is 11.1. The molecule has 0 aliphatic carbocycles. The minimum absolute atomic E-state index is 0.00327. The molecule has 2 aliphatic heterocycles. The highest BCUT2D eigenvalue weighted by Gasteiger charge is 2.31. The summed E-state index contributed by atoms with van der Waals surface area (Å²) in [5.41, 5.74) is 5.96. The minimum Gasteiger partial charge on any atom is -0.337 e. The Labute approximate surface area is 108 Å². The summed E-state index contributed by atoms with van der Waals surface area (Å²) >= 11 is 0. The number of nitrogens with zero attached hydrogens (tertiary/aromatic N) is 2. The van der Waals surface area contributed by atoms with Crippen molar-refractivity contribution in [3.05, 3.63) is 0 Å². The van der Waals surface area contributed by atoms with Crippen molar-refractivity contribution >= 4 is 11.8 Å². The van der Waals surface area contributed by atoms with E-state index in [1.807, 2.05) is 11.8 Å². The van der Waals surface area contributed by atoms with Crippen molar-refractivity contribution in [2.45, 2.75) is 51.1 Å². The van der Waals surface area contributed by atoms with E-state index in [1.54, 1.807) is 4.90 Å². The Bertz CT molecular complexity index is 330. The van der Waals surface area contributed by atoms with Crippen LogP contribution in [0.25, 0.3) is 0 Å². The van der Waals surface area contributed by atoms with Gasteiger partial charge in [0, 0.05) is 31.6 Å². The highest BCUT2D eigenvalue weighted by molar-refractivity contribution is 5.86. The Balaban J connectivity index is 1.95. The zero-order chi connectivity index (χ0) is 13.1. The second kappa shape index (κ2) is 5.69. The normalized spacial score (nSPS) is 26.6. The largest absolute Gasteiger partial charge is 0.337 e. The molecule has 2 heterocycles. The number of rotatable bonds is 3. The van der Waals surface area contributed by atoms with Crippen LogP contribution in [0.5, 0.6) is 0 Å². The third-order valence-electron chi connectivity index (χ3n) is 3.97. The van der Waals surface area contributed by atoms with Crippen LogP contribution < -0.4 is 5.73 Å². The van der Waals surface area contributed by atoms with E-state index in [4.69, 9.17) is 5.73 Å². The second-order valence-electron chi connectivity index (χ2n) is 5.43. The molecule has 102 valence electrons. The lowest BCUT2D eigenvalue weighted by Gasteiger charge is -2.38. The molecular weight excluding hydrogens is 230 g/mol. The van der Waals surface area contributed by atoms with E-state index >= 15 is 0 Å². The first-order chi connectivity index (χ1) is 8.59. The molecule has 2 saturated heterocycles. The topological polar surface area (TPSA) is 66.6 Å². The van der Waals surface area contributed by atoms with Gasteiger partial charge >= 0.3 is 0 Å². The van der Waals surface area contributed by atoms with Gasteiger partial charge in [-0.05, 0) is 32.6 Å². The van der Waals surface area contributed by atoms with E-state index < -0.39 is 0 Å². The van der Waals surface area contributed by atoms with Gasteiger partial charge in [-0.15, -0.1) is 0 Å². The van der Waals surface area contributed by atoms with E-state index in [9.17, 15) is 9.59 Å². The summed E-state index contributed by atoms with van der Waals surface area (Å²) < 4.78 is 0. The van der Waals surface area contributed by atoms with Gasteiger partial charge in [-0.25, -0.2) is 0 Å². The predicted molar refractivity (Wildman–Crippen MR) is 68.8 cm³/mol. The lowest BCUT2D eigenvalue weighted by Crippen LogP contribution is -2.54. The number of hydrogen-bond donors (Lipinski definition) is 1. The number of likely N-dealkylation sites (tertiary alicyclic amines) is 2. The molecule has 2 fully saturated rings. The van der Waals surface area contributed by atoms with E-state index in [2.05, 4.69) is 0 Å². The first-order valence-corrected chi connectivity index (χ1v) is 6.92. The van der Waals surface area contributed by atoms with Gasteiger partial charge in [-0.1, -0.05) is 0 Å². The summed E-state index contributed by atoms with van der Waals surface area (Å²) in [5, 5.41) is 0. The number of nitrogens with two attached hydrogens (primary N) is 1. The Morgan fingerprint density at radius 3 is 2.78 bits per heavy atom. The molecule has 0 bridgehead atoms. The van der Waals surface area contributed by atoms with Gasteiger partial charge in [0.05, 0.1) is 6.54 Å². The molecule has 0 spiro atoms. The van der Waals surface area contributed by atoms with E-state index in [-0.39, 0.29) is 30.4 Å². The standard InChI is InChI=1S/C13H23N3O2/c1-10(14)11-5-2-3-8-16(11)13(18)9-15-7-4-6-12(15)17/h10-11H,2-9,14H2,1H3. The molecule has 0 radical (unpaired) electrons. The summed E-state index contributed by atoms with van der Waals surface area (Å²) in [6.07, 6.45) is 4.63. The van der Waals surface area contributed by atoms with Crippen LogP contribution in [0.3, 0.4) is 0 Å². The monoisotopic (exact) mass is 253 g/mol. The van der Waals surface area contributed by atoms with Gasteiger partial charge in [0.25, 0.3) is 0 Å². The third-order valence-corrected chi connectivity index (χ3v) is 3.97. The molecule has 2 rings (SSSR count). The molecule has 5 nitrogen and oxygen atoms in total. The molecule has 2 amide bonds. The molecule has 2 aliphatic rings. The fourth-order valence-electron chi connectivity index (χ4n) is 2.94. The average Bonchev–Trinajstić information content (AvgIpc) is 2.75. The van der Waals surface area contributed by atoms with Crippen LogP contribution in [0.15, 0.2) is 0 Å². The van der Waals surface area contributed by atoms with Gasteiger partial charge in [-0.2, -0.15) is 0 Å². The minimum atomic E-state index is 0.00327. The maximum absolute atomic E-state index is 12.3. The highest BCUT2D eigenvalue weighted by atomic mass is 16.2. The quantitative estimate of drug-likeness (QED) is 0.788. The number of hydrogen-bond acceptors (Lipinski definition) is 3. The van der Waals surface area contributed by atoms with Gasteiger partial charge in [0.15, 0.2) is 0 Å². The van der Waals surface area contributed by atoms with Crippen molar-refractivity contribution in [1.82, 2.24) is 9.80 Å². The number of carbonyl (C=O) groups is 2. The fourth-order valence-corrected chi connectivity index (χ4v) is 2.94. The first kappa shape index (κ1) is 13.3. The molecule has 2 N–H and O–H groups in total. The molecule has 18 heavy (non-hydrogen) atoms. The molecule has 0 aromatic rings. The van der Waals surface area contributed by atoms with E-state index in [0.717, 1.165) is 38.8 Å². The first-order valence-electron chi connectivity index (χ1n) is 6.92. The number of amides is 2. The maximum Gasteiger partial charge on any atom is 0.242 e. The maximum atomic E-state index is 12.3. The fraction of sp³-hybridized carbons (Fsp3) is 0.846. The van der Waals surface area contributed by atoms with Crippen LogP contribution in [-0.4, -0.2) is 53.3 Å². The van der Waals surface area contributed by atoms with Gasteiger partial charge in [0.1, 0.15) is 0 Å². The summed E-state index contributed by atoms with van der Waals surface area (Å²) in [7, 11) is 0. The van der Waals surface area contributed by atoms with Gasteiger partial charge < -0.3 is 15.5 Å². The molecule has 0 saturated carbocycles. The van der Waals surface area contributed by atoms with E-state index in [1.165, 1.54) is 0 Å². The predicted octanol–water partition coefficient (Wildman–Crippen LogP) is 0.337. The lowest BCUT2D eigenvalue weighted by molar-refractivity contribution is -0.141. The number of piperidine rings is 1. The average molecular weight is 253 g/mol. The van der Waals surface area contributed by atoms with Gasteiger partial charge in [0.2, 0.25) is 11.8 Å². The molecule has 0 aromatic carbocycles. The van der Waals surface area contributed by atoms with Crippen molar-refractivity contribution in [3.8, 4) is 0 Å². The smallest absolute Gasteiger partial charge is 0.242 e. The molecule has 0 aromatic heterocycles. The van der Waals surface area contributed by atoms with Crippen LogP contribution in [-0.2, 0) is 9.59 Å². The van der Waals surface area contributed by atoms with Crippen molar-refractivity contribution < 1.29 is 9.59 Å². The zero-order valence-electron chi connectivity index (χ0n) is 11.1. The Kier molecular flexibility index (Phi) is 4.22. The Morgan fingerprint density at radius 1 is 1.39 bits per heavy atom. The highest BCUT2D eigenvalue weighted by Crippen LogP contribution is 2.20. The SMILES string of the molecule is CC(N)C1CCCCN1C(=O)CN1CCCC1=O.